The molecule has 21 aliphatic rings. The van der Waals surface area contributed by atoms with Gasteiger partial charge in [-0.15, -0.1) is 0 Å². The number of aliphatic hydroxyl groups excluding tert-OH is 21. The fraction of sp³-hybridized carbons (Fsp3) is 0.785. The number of methoxy groups -OCH3 is 2. The van der Waals surface area contributed by atoms with Gasteiger partial charge in [-0.2, -0.15) is 0 Å². The zero-order valence-electron chi connectivity index (χ0n) is 61.0. The number of benzene rings is 1. The average Bonchev–Trinajstić information content (AvgIpc) is 1.38. The molecule has 3 aromatic rings. The molecule has 21 saturated heterocycles. The van der Waals surface area contributed by atoms with E-state index in [0.29, 0.717) is 24.5 Å². The Morgan fingerprint density at radius 3 is 1.04 bits per heavy atom. The number of aryl methyl sites for hydroxylation is 1. The Balaban J connectivity index is 0.000000331. The number of rotatable bonds is 17. The number of aliphatic carboxylic acids is 1. The number of aliphatic imine (C=N–C) groups is 1. The van der Waals surface area contributed by atoms with Crippen molar-refractivity contribution in [3.63, 3.8) is 0 Å². The second-order valence-electron chi connectivity index (χ2n) is 27.5. The first kappa shape index (κ1) is 91.8. The first-order valence-corrected chi connectivity index (χ1v) is 37.0. The molecule has 21 fully saturated rings. The van der Waals surface area contributed by atoms with E-state index in [1.807, 2.05) is 32.0 Å². The molecule has 37 atom stereocenters. The lowest BCUT2D eigenvalue weighted by Crippen LogP contribution is -2.68. The van der Waals surface area contributed by atoms with E-state index < -0.39 is 284 Å². The number of guanidine groups is 1. The molecule has 48 heteroatoms. The molecule has 1 aromatic carbocycles. The van der Waals surface area contributed by atoms with Crippen LogP contribution < -0.4 is 26.7 Å². The quantitative estimate of drug-likeness (QED) is 0.0339. The highest BCUT2D eigenvalue weighted by atomic mass is 32.2. The first-order chi connectivity index (χ1) is 53.7. The smallest absolute Gasteiger partial charge is 0.320 e. The van der Waals surface area contributed by atoms with Gasteiger partial charge in [0.2, 0.25) is 0 Å². The Morgan fingerprint density at radius 1 is 0.487 bits per heavy atom. The van der Waals surface area contributed by atoms with Crippen LogP contribution >= 0.6 is 0 Å². The molecule has 47 nitrogen and oxygen atoms in total. The lowest BCUT2D eigenvalue weighted by atomic mass is 9.95. The van der Waals surface area contributed by atoms with Crippen LogP contribution in [0.5, 0.6) is 11.5 Å². The SMILES string of the molecule is COc1ccc2nc(S(=O)Cc3ncc(C)c(OC)c3C)[nH]c2c1.NC(N)=NCCC[C@H](N)C(=O)O.OC[C@H]1O[C@@H]2O[C@H]3[C@H](O)[C@@H](O)[C@@H](O[C@H]4[C@H](O)[C@@H](O)[C@@H](O[C@H]5[C@H](O)[C@@H](O)[C@@H](O[C@H]6[C@H](O)[C@@H](O)[C@@H](O[C@H]7[C@@H](O)[C@H](O)[C@@H](O[C@H]8[C@@H](O)[C@H](O)[C@@H](O[C@H]1[C@H](O)[C@H]2O)O[C@@H]8CO)O[C@@H]7CO)O[C@@H]6CO)O[C@@H]5CO)O[C@@H]4CO)O[C@@H]3CO. The fourth-order valence-corrected chi connectivity index (χ4v) is 14.8. The third kappa shape index (κ3) is 20.8. The number of pyridine rings is 1. The summed E-state index contributed by atoms with van der Waals surface area (Å²) >= 11 is 0. The van der Waals surface area contributed by atoms with Crippen LogP contribution in [-0.4, -0.2) is 431 Å². The number of nitrogens with one attached hydrogen (secondary N) is 1. The molecule has 0 amide bonds. The Hall–Kier alpha value is -5.11. The van der Waals surface area contributed by atoms with Gasteiger partial charge in [0.1, 0.15) is 188 Å². The zero-order chi connectivity index (χ0) is 82.9. The number of hydrogen-bond acceptors (Lipinski definition) is 43. The van der Waals surface area contributed by atoms with Crippen molar-refractivity contribution in [1.29, 1.82) is 0 Å². The Labute approximate surface area is 644 Å². The molecule has 644 valence electrons. The van der Waals surface area contributed by atoms with Crippen molar-refractivity contribution < 1.29 is 197 Å². The van der Waals surface area contributed by atoms with E-state index in [-0.39, 0.29) is 11.7 Å². The Kier molecular flexibility index (Phi) is 33.3. The van der Waals surface area contributed by atoms with Crippen LogP contribution in [0, 0.1) is 13.8 Å². The maximum Gasteiger partial charge on any atom is 0.320 e. The number of aromatic amines is 1. The summed E-state index contributed by atoms with van der Waals surface area (Å²) in [5.41, 5.74) is 19.5. The lowest BCUT2D eigenvalue weighted by molar-refractivity contribution is -0.396. The minimum absolute atomic E-state index is 0.0129. The van der Waals surface area contributed by atoms with Crippen LogP contribution in [0.3, 0.4) is 0 Å². The van der Waals surface area contributed by atoms with E-state index in [1.54, 1.807) is 20.4 Å². The fourth-order valence-electron chi connectivity index (χ4n) is 13.7. The number of hydrogen-bond donors (Lipinski definition) is 26. The highest BCUT2D eigenvalue weighted by molar-refractivity contribution is 7.84. The van der Waals surface area contributed by atoms with E-state index in [1.165, 1.54) is 0 Å². The summed E-state index contributed by atoms with van der Waals surface area (Å²) in [7, 11) is 1.91. The number of carboxylic acids is 1. The van der Waals surface area contributed by atoms with Crippen molar-refractivity contribution in [3.05, 3.63) is 41.2 Å². The van der Waals surface area contributed by atoms with Crippen molar-refractivity contribution in [2.45, 2.75) is 259 Å². The Bertz CT molecular complexity index is 3170. The summed E-state index contributed by atoms with van der Waals surface area (Å²) in [4.78, 5) is 25.8. The van der Waals surface area contributed by atoms with Crippen LogP contribution in [0.2, 0.25) is 0 Å². The van der Waals surface area contributed by atoms with Crippen molar-refractivity contribution in [2.24, 2.45) is 22.2 Å². The number of H-pyrrole nitrogens is 1. The third-order valence-electron chi connectivity index (χ3n) is 20.0. The molecule has 29 N–H and O–H groups in total. The van der Waals surface area contributed by atoms with E-state index in [2.05, 4.69) is 19.9 Å². The number of nitrogens with zero attached hydrogens (tertiary/aromatic N) is 3. The molecule has 2 aromatic heterocycles. The molecular formula is C65H103N7O40S. The predicted octanol–water partition coefficient (Wildman–Crippen LogP) is -13.9. The van der Waals surface area contributed by atoms with Gasteiger partial charge in [0.15, 0.2) is 55.1 Å². The number of aromatic nitrogens is 3. The third-order valence-corrected chi connectivity index (χ3v) is 21.1. The van der Waals surface area contributed by atoms with Gasteiger partial charge in [-0.05, 0) is 38.8 Å². The van der Waals surface area contributed by atoms with Gasteiger partial charge in [0, 0.05) is 29.9 Å². The van der Waals surface area contributed by atoms with Crippen LogP contribution in [0.1, 0.15) is 29.7 Å². The minimum atomic E-state index is -2.21. The van der Waals surface area contributed by atoms with Crippen molar-refractivity contribution >= 4 is 33.8 Å². The second kappa shape index (κ2) is 41.0. The largest absolute Gasteiger partial charge is 0.497 e. The standard InChI is InChI=1S/C42H70O35.C17H19N3O3S.C6H14N4O2/c43-1-8-29-15(50)22(57)36(64-8)72-30-9(2-44)66-38(24(59)17(30)52)74-32-11(4-46)68-40(26(61)19(32)54)76-34-13(6-48)70-42(28(63)21(34)56)77-35-14(7-49)69-41(27(62)20(35)55)75-33-12(5-47)67-39(25(60)18(33)53)73-31-10(3-45)65-37(71-29)23(58)16(31)51;1-10-8-18-15(11(2)16(10)23-4)9-24(21)17-19-13-6-5-12(22-3)7-14(13)20-17;7-4(5(11)12)2-1-3-10-6(8)9/h8-63H,1-7H2;5-8H,9H2,1-4H3,(H,19,20);4H,1-3,7H2,(H,11,12)(H4,8,9,10)/t8-,9-,10-,11-,12-,13-,14-,15-,16-,17-,18-,19-,20+,21+,22-,23-,24-,25-,26-,27+,28+,29-,30-,31-,32-,33-,34-,35-,36-,37-,38-,39-,40-,41-,42-;;4-/m1.0/s1. The lowest BCUT2D eigenvalue weighted by Gasteiger charge is -2.50. The van der Waals surface area contributed by atoms with Crippen molar-refractivity contribution in [2.75, 3.05) is 67.0 Å². The summed E-state index contributed by atoms with van der Waals surface area (Å²) < 4.78 is 103. The summed E-state index contributed by atoms with van der Waals surface area (Å²) in [6.45, 7) is -3.05. The molecule has 14 bridgehead atoms. The molecule has 0 spiro atoms. The number of fused-ring (bicyclic) bond motifs is 1. The van der Waals surface area contributed by atoms with E-state index in [9.17, 15) is 116 Å². The van der Waals surface area contributed by atoms with Gasteiger partial charge in [-0.25, -0.2) is 4.98 Å². The zero-order valence-corrected chi connectivity index (χ0v) is 61.9. The molecule has 1 unspecified atom stereocenters. The van der Waals surface area contributed by atoms with Gasteiger partial charge in [0.05, 0.1) is 93.7 Å². The molecule has 23 heterocycles. The number of ether oxygens (including phenoxy) is 16. The molecule has 0 radical (unpaired) electrons. The molecule has 0 aliphatic carbocycles. The number of carbonyl (C=O) groups is 1. The molecule has 24 rings (SSSR count). The molecule has 0 saturated carbocycles. The van der Waals surface area contributed by atoms with Crippen molar-refractivity contribution in [3.8, 4) is 11.5 Å². The monoisotopic (exact) mass is 1650 g/mol. The molecule has 21 aliphatic heterocycles. The van der Waals surface area contributed by atoms with Crippen LogP contribution in [0.15, 0.2) is 34.5 Å². The van der Waals surface area contributed by atoms with E-state index in [4.69, 9.17) is 98.1 Å². The van der Waals surface area contributed by atoms with Crippen LogP contribution in [0.4, 0.5) is 0 Å². The average molecular weight is 1650 g/mol. The minimum Gasteiger partial charge on any atom is -0.497 e. The summed E-state index contributed by atoms with van der Waals surface area (Å²) in [6.07, 6.45) is -67.5. The summed E-state index contributed by atoms with van der Waals surface area (Å²) in [6, 6.07) is 4.68. The maximum atomic E-state index is 12.7. The highest BCUT2D eigenvalue weighted by Gasteiger charge is 2.60. The summed E-state index contributed by atoms with van der Waals surface area (Å²) in [5.74, 6) is 0.800. The first-order valence-electron chi connectivity index (χ1n) is 35.6. The predicted molar refractivity (Wildman–Crippen MR) is 367 cm³/mol. The topological polar surface area (TPSA) is 759 Å². The van der Waals surface area contributed by atoms with E-state index >= 15 is 0 Å². The normalized spacial score (nSPS) is 41.6. The maximum absolute atomic E-state index is 12.7. The number of imidazole rings is 1. The van der Waals surface area contributed by atoms with Crippen LogP contribution in [0.25, 0.3) is 11.0 Å². The second-order valence-corrected chi connectivity index (χ2v) is 28.9. The van der Waals surface area contributed by atoms with E-state index in [0.717, 1.165) is 39.4 Å². The molecule has 113 heavy (non-hydrogen) atoms. The van der Waals surface area contributed by atoms with Gasteiger partial charge in [-0.3, -0.25) is 19.0 Å². The van der Waals surface area contributed by atoms with Crippen LogP contribution in [-0.2, 0) is 87.7 Å². The van der Waals surface area contributed by atoms with Gasteiger partial charge >= 0.3 is 5.97 Å². The summed E-state index contributed by atoms with van der Waals surface area (Å²) in [5, 5.41) is 239. The number of nitrogens with two attached hydrogens (primary N) is 3. The highest BCUT2D eigenvalue weighted by Crippen LogP contribution is 2.40. The van der Waals surface area contributed by atoms with Gasteiger partial charge in [-0.1, -0.05) is 0 Å². The molecular weight excluding hydrogens is 1550 g/mol. The number of aliphatic hydroxyl groups is 21. The number of carboxylic acid groups (broad SMARTS) is 1. The van der Waals surface area contributed by atoms with Gasteiger partial charge in [0.25, 0.3) is 0 Å². The Morgan fingerprint density at radius 2 is 0.788 bits per heavy atom. The van der Waals surface area contributed by atoms with Crippen molar-refractivity contribution in [1.82, 2.24) is 15.0 Å². The van der Waals surface area contributed by atoms with Gasteiger partial charge < -0.3 is 210 Å².